The SMILES string of the molecule is [Cl][Rh]([Cl])([Cl])([Cl])([Cl])[Cl].[H-].[Na+]. The summed E-state index contributed by atoms with van der Waals surface area (Å²) in [7, 11) is 30.2. The molecule has 0 radical (unpaired) electrons. The van der Waals surface area contributed by atoms with Crippen molar-refractivity contribution in [2.75, 3.05) is 0 Å². The first kappa shape index (κ1) is 13.9. The summed E-state index contributed by atoms with van der Waals surface area (Å²) >= 11 is 0. The van der Waals surface area contributed by atoms with Crippen molar-refractivity contribution < 1.29 is 37.5 Å². The van der Waals surface area contributed by atoms with Crippen LogP contribution >= 0.6 is 58.1 Å². The average molecular weight is 340 g/mol. The van der Waals surface area contributed by atoms with E-state index in [2.05, 4.69) is 0 Å². The van der Waals surface area contributed by atoms with Crippen molar-refractivity contribution in [1.29, 1.82) is 0 Å². The van der Waals surface area contributed by atoms with Crippen LogP contribution in [0.4, 0.5) is 0 Å². The molecule has 0 spiro atoms. The van der Waals surface area contributed by atoms with Gasteiger partial charge in [0.25, 0.3) is 0 Å². The maximum Gasteiger partial charge on any atom is 1.00 e. The Kier molecular flexibility index (Phi) is 4.69. The average Bonchev–Trinajstić information content (AvgIpc) is 0.592. The van der Waals surface area contributed by atoms with Gasteiger partial charge in [-0.15, -0.1) is 0 Å². The van der Waals surface area contributed by atoms with Crippen molar-refractivity contribution in [1.82, 2.24) is 0 Å². The molecule has 8 heavy (non-hydrogen) atoms. The predicted molar refractivity (Wildman–Crippen MR) is 36.2 cm³/mol. The Morgan fingerprint density at radius 1 is 0.750 bits per heavy atom. The largest absolute Gasteiger partial charge is 1.00 e. The zero-order valence-electron chi connectivity index (χ0n) is 4.60. The molecule has 0 saturated heterocycles. The maximum atomic E-state index is 5.04. The molecule has 0 aliphatic carbocycles. The van der Waals surface area contributed by atoms with Crippen LogP contribution < -0.4 is 29.6 Å². The van der Waals surface area contributed by atoms with E-state index in [1.54, 1.807) is 0 Å². The van der Waals surface area contributed by atoms with Gasteiger partial charge in [-0.25, -0.2) is 0 Å². The quantitative estimate of drug-likeness (QED) is 0.583. The summed E-state index contributed by atoms with van der Waals surface area (Å²) in [6.45, 7) is -5.15. The summed E-state index contributed by atoms with van der Waals surface area (Å²) in [6, 6.07) is 0. The molecule has 0 aliphatic heterocycles. The standard InChI is InChI=1S/6ClH.Na.Rh.H/h6*1H;;;/q;;;;;;+1;+6;-1/p-6. The van der Waals surface area contributed by atoms with E-state index in [1.807, 2.05) is 0 Å². The first-order valence-electron chi connectivity index (χ1n) is 0.756. The molecule has 0 rings (SSSR count). The van der Waals surface area contributed by atoms with Crippen LogP contribution in [0.2, 0.25) is 0 Å². The van der Waals surface area contributed by atoms with Gasteiger partial charge in [-0.1, -0.05) is 0 Å². The van der Waals surface area contributed by atoms with Gasteiger partial charge in [-0.05, 0) is 0 Å². The normalized spacial score (nSPS) is 20.2. The minimum absolute atomic E-state index is 0. The second-order valence-electron chi connectivity index (χ2n) is 0.714. The summed E-state index contributed by atoms with van der Waals surface area (Å²) < 4.78 is 0. The van der Waals surface area contributed by atoms with Crippen LogP contribution in [0.15, 0.2) is 0 Å². The Hall–Kier alpha value is 3.36. The van der Waals surface area contributed by atoms with Crippen LogP contribution in [0.3, 0.4) is 0 Å². The molecular formula is HCl6NaRh. The fourth-order valence-electron chi connectivity index (χ4n) is 0. The van der Waals surface area contributed by atoms with E-state index in [1.165, 1.54) is 0 Å². The molecule has 0 atom stereocenters. The maximum absolute atomic E-state index is 5.15. The van der Waals surface area contributed by atoms with E-state index in [9.17, 15) is 0 Å². The summed E-state index contributed by atoms with van der Waals surface area (Å²) in [5.41, 5.74) is 0. The summed E-state index contributed by atoms with van der Waals surface area (Å²) in [6.07, 6.45) is 0. The Morgan fingerprint density at radius 2 is 0.750 bits per heavy atom. The fraction of sp³-hybridized carbons (Fsp3) is 0. The van der Waals surface area contributed by atoms with Gasteiger partial charge in [-0.3, -0.25) is 0 Å². The van der Waals surface area contributed by atoms with Crippen LogP contribution in [-0.4, -0.2) is 0 Å². The van der Waals surface area contributed by atoms with Crippen LogP contribution in [0, 0.1) is 0 Å². The number of halogens is 6. The third kappa shape index (κ3) is 57.9. The van der Waals surface area contributed by atoms with Crippen molar-refractivity contribution in [3.05, 3.63) is 0 Å². The van der Waals surface area contributed by atoms with Gasteiger partial charge >= 0.3 is 94.2 Å². The van der Waals surface area contributed by atoms with E-state index in [0.717, 1.165) is 0 Å². The molecule has 53 valence electrons. The molecule has 0 aromatic rings. The van der Waals surface area contributed by atoms with Crippen molar-refractivity contribution in [2.24, 2.45) is 0 Å². The molecule has 8 heteroatoms. The van der Waals surface area contributed by atoms with E-state index in [0.29, 0.717) is 0 Å². The van der Waals surface area contributed by atoms with Gasteiger partial charge in [-0.2, -0.15) is 0 Å². The molecule has 0 heterocycles. The fourth-order valence-corrected chi connectivity index (χ4v) is 0. The van der Waals surface area contributed by atoms with Gasteiger partial charge in [0.05, 0.1) is 0 Å². The van der Waals surface area contributed by atoms with Crippen molar-refractivity contribution in [3.63, 3.8) is 0 Å². The van der Waals surface area contributed by atoms with Gasteiger partial charge < -0.3 is 1.43 Å². The topological polar surface area (TPSA) is 0 Å². The van der Waals surface area contributed by atoms with Gasteiger partial charge in [0, 0.05) is 0 Å². The Bertz CT molecular complexity index is 71.6. The van der Waals surface area contributed by atoms with Crippen LogP contribution in [0.25, 0.3) is 0 Å². The zero-order valence-corrected chi connectivity index (χ0v) is 11.8. The molecule has 0 aromatic heterocycles. The third-order valence-electron chi connectivity index (χ3n) is 0. The molecule has 0 aliphatic rings. The van der Waals surface area contributed by atoms with E-state index in [4.69, 9.17) is 58.1 Å². The van der Waals surface area contributed by atoms with Gasteiger partial charge in [0.2, 0.25) is 0 Å². The summed E-state index contributed by atoms with van der Waals surface area (Å²) in [5, 5.41) is 0. The molecule has 0 unspecified atom stereocenters. The Morgan fingerprint density at radius 3 is 0.750 bits per heavy atom. The molecule has 0 N–H and O–H groups in total. The number of hydrogen-bond acceptors (Lipinski definition) is 0. The molecule has 0 nitrogen and oxygen atoms in total. The van der Waals surface area contributed by atoms with Crippen molar-refractivity contribution >= 4 is 58.1 Å². The monoisotopic (exact) mass is 337 g/mol. The van der Waals surface area contributed by atoms with Gasteiger partial charge in [0.1, 0.15) is 0 Å². The van der Waals surface area contributed by atoms with Crippen LogP contribution in [0.5, 0.6) is 0 Å². The molecular weight excluding hydrogens is 339 g/mol. The molecule has 0 aromatic carbocycles. The molecule has 0 bridgehead atoms. The first-order valence-corrected chi connectivity index (χ1v) is 13.4. The molecule has 0 amide bonds. The second kappa shape index (κ2) is 2.69. The number of rotatable bonds is 0. The molecule has 0 saturated carbocycles. The Labute approximate surface area is 93.8 Å². The summed E-state index contributed by atoms with van der Waals surface area (Å²) in [4.78, 5) is 0. The smallest absolute Gasteiger partial charge is 1.00 e. The minimum Gasteiger partial charge on any atom is -1.00 e. The van der Waals surface area contributed by atoms with Crippen LogP contribution in [-0.2, 0) is 6.48 Å². The van der Waals surface area contributed by atoms with Crippen molar-refractivity contribution in [3.8, 4) is 0 Å². The third-order valence-corrected chi connectivity index (χ3v) is 0. The first-order chi connectivity index (χ1) is 2.45. The predicted octanol–water partition coefficient (Wildman–Crippen LogP) is 1.25. The Balaban J connectivity index is -0.000000180. The zero-order chi connectivity index (χ0) is 6.41. The van der Waals surface area contributed by atoms with Gasteiger partial charge in [0.15, 0.2) is 0 Å². The minimum atomic E-state index is -5.15. The van der Waals surface area contributed by atoms with E-state index >= 15 is 0 Å². The van der Waals surface area contributed by atoms with Crippen molar-refractivity contribution in [2.45, 2.75) is 0 Å². The van der Waals surface area contributed by atoms with E-state index in [-0.39, 0.29) is 31.0 Å². The molecule has 0 fully saturated rings. The van der Waals surface area contributed by atoms with E-state index < -0.39 is 6.48 Å². The number of hydrogen-bond donors (Lipinski definition) is 0. The second-order valence-corrected chi connectivity index (χ2v) is 38.0. The van der Waals surface area contributed by atoms with Crippen LogP contribution in [0.1, 0.15) is 1.43 Å². The summed E-state index contributed by atoms with van der Waals surface area (Å²) in [5.74, 6) is 0.